The molecule has 0 amide bonds. The molecule has 0 saturated heterocycles. The first kappa shape index (κ1) is 8.20. The number of hydrogen-bond donors (Lipinski definition) is 2. The molecule has 4 heteroatoms. The Morgan fingerprint density at radius 1 is 1.73 bits per heavy atom. The van der Waals surface area contributed by atoms with Crippen molar-refractivity contribution in [3.8, 4) is 0 Å². The maximum absolute atomic E-state index is 10.3. The first-order chi connectivity index (χ1) is 5.07. The molecule has 0 aromatic carbocycles. The zero-order valence-electron chi connectivity index (χ0n) is 6.32. The van der Waals surface area contributed by atoms with Gasteiger partial charge in [-0.05, 0) is 12.8 Å². The molecule has 0 spiro atoms. The van der Waals surface area contributed by atoms with E-state index in [4.69, 9.17) is 5.11 Å². The van der Waals surface area contributed by atoms with Crippen LogP contribution in [0.1, 0.15) is 12.8 Å². The summed E-state index contributed by atoms with van der Waals surface area (Å²) in [6, 6.07) is 0. The number of carbonyl (C=O) groups is 1. The Morgan fingerprint density at radius 3 is 2.64 bits per heavy atom. The summed E-state index contributed by atoms with van der Waals surface area (Å²) in [7, 11) is 1.56. The molecule has 62 valence electrons. The summed E-state index contributed by atoms with van der Waals surface area (Å²) in [6.07, 6.45) is 1.99. The normalized spacial score (nSPS) is 37.1. The second-order valence-corrected chi connectivity index (χ2v) is 2.93. The van der Waals surface area contributed by atoms with Crippen LogP contribution in [0.3, 0.4) is 0 Å². The number of carboxylic acid groups (broad SMARTS) is 1. The molecule has 4 nitrogen and oxygen atoms in total. The molecule has 0 aromatic heterocycles. The molecule has 1 aliphatic carbocycles. The highest BCUT2D eigenvalue weighted by Crippen LogP contribution is 2.36. The second-order valence-electron chi connectivity index (χ2n) is 2.93. The minimum Gasteiger partial charge on any atom is -0.481 e. The lowest BCUT2D eigenvalue weighted by Crippen LogP contribution is -2.48. The van der Waals surface area contributed by atoms with Gasteiger partial charge in [-0.3, -0.25) is 9.79 Å². The average Bonchev–Trinajstić information content (AvgIpc) is 1.82. The molecule has 2 N–H and O–H groups in total. The van der Waals surface area contributed by atoms with Crippen molar-refractivity contribution < 1.29 is 15.0 Å². The highest BCUT2D eigenvalue weighted by Gasteiger charge is 2.44. The standard InChI is InChI=1S/C7H11NO3/c1-8-4-7(11)2-5(3-7)6(9)10/h4-5,11H,2-3H2,1H3,(H,9,10)/b8-4-/t5-,7+. The first-order valence-corrected chi connectivity index (χ1v) is 3.46. The second kappa shape index (κ2) is 2.62. The van der Waals surface area contributed by atoms with Crippen molar-refractivity contribution in [3.05, 3.63) is 0 Å². The largest absolute Gasteiger partial charge is 0.481 e. The molecule has 1 aliphatic rings. The van der Waals surface area contributed by atoms with Gasteiger partial charge in [-0.15, -0.1) is 0 Å². The summed E-state index contributed by atoms with van der Waals surface area (Å²) in [6.45, 7) is 0. The minimum absolute atomic E-state index is 0.291. The smallest absolute Gasteiger partial charge is 0.306 e. The molecule has 0 aliphatic heterocycles. The van der Waals surface area contributed by atoms with Gasteiger partial charge in [-0.25, -0.2) is 0 Å². The Balaban J connectivity index is 2.44. The van der Waals surface area contributed by atoms with Gasteiger partial charge < -0.3 is 10.2 Å². The molecule has 11 heavy (non-hydrogen) atoms. The van der Waals surface area contributed by atoms with E-state index >= 15 is 0 Å². The predicted molar refractivity (Wildman–Crippen MR) is 39.7 cm³/mol. The molecule has 0 unspecified atom stereocenters. The third kappa shape index (κ3) is 1.57. The van der Waals surface area contributed by atoms with E-state index in [2.05, 4.69) is 4.99 Å². The van der Waals surface area contributed by atoms with E-state index in [9.17, 15) is 9.90 Å². The quantitative estimate of drug-likeness (QED) is 0.550. The van der Waals surface area contributed by atoms with Gasteiger partial charge in [0.25, 0.3) is 0 Å². The number of rotatable bonds is 2. The van der Waals surface area contributed by atoms with Crippen molar-refractivity contribution in [2.45, 2.75) is 18.4 Å². The van der Waals surface area contributed by atoms with E-state index in [1.54, 1.807) is 7.05 Å². The number of nitrogens with zero attached hydrogens (tertiary/aromatic N) is 1. The van der Waals surface area contributed by atoms with Gasteiger partial charge in [0, 0.05) is 13.3 Å². The Morgan fingerprint density at radius 2 is 2.27 bits per heavy atom. The van der Waals surface area contributed by atoms with Gasteiger partial charge >= 0.3 is 5.97 Å². The van der Waals surface area contributed by atoms with Crippen LogP contribution in [-0.2, 0) is 4.79 Å². The Kier molecular flexibility index (Phi) is 1.95. The van der Waals surface area contributed by atoms with Crippen molar-refractivity contribution in [1.29, 1.82) is 0 Å². The zero-order chi connectivity index (χ0) is 8.48. The molecule has 1 rings (SSSR count). The van der Waals surface area contributed by atoms with Crippen LogP contribution in [0.2, 0.25) is 0 Å². The first-order valence-electron chi connectivity index (χ1n) is 3.46. The van der Waals surface area contributed by atoms with Crippen molar-refractivity contribution in [2.24, 2.45) is 10.9 Å². The molecule has 0 atom stereocenters. The van der Waals surface area contributed by atoms with Gasteiger partial charge in [0.2, 0.25) is 0 Å². The predicted octanol–water partition coefficient (Wildman–Crippen LogP) is -0.0873. The fraction of sp³-hybridized carbons (Fsp3) is 0.714. The maximum Gasteiger partial charge on any atom is 0.306 e. The highest BCUT2D eigenvalue weighted by atomic mass is 16.4. The summed E-state index contributed by atoms with van der Waals surface area (Å²) in [5, 5.41) is 17.9. The van der Waals surface area contributed by atoms with Crippen LogP contribution < -0.4 is 0 Å². The third-order valence-corrected chi connectivity index (χ3v) is 1.92. The lowest BCUT2D eigenvalue weighted by molar-refractivity contribution is -0.151. The molecule has 0 radical (unpaired) electrons. The van der Waals surface area contributed by atoms with E-state index in [0.29, 0.717) is 12.8 Å². The molecule has 0 aromatic rings. The summed E-state index contributed by atoms with van der Waals surface area (Å²) < 4.78 is 0. The fourth-order valence-corrected chi connectivity index (χ4v) is 1.31. The molecular weight excluding hydrogens is 146 g/mol. The molecule has 0 bridgehead atoms. The number of carboxylic acids is 1. The van der Waals surface area contributed by atoms with E-state index in [1.165, 1.54) is 6.21 Å². The molecule has 0 heterocycles. The zero-order valence-corrected chi connectivity index (χ0v) is 6.32. The molecule has 1 saturated carbocycles. The van der Waals surface area contributed by atoms with Crippen LogP contribution in [0.5, 0.6) is 0 Å². The summed E-state index contributed by atoms with van der Waals surface area (Å²) >= 11 is 0. The van der Waals surface area contributed by atoms with Gasteiger partial charge in [-0.2, -0.15) is 0 Å². The summed E-state index contributed by atoms with van der Waals surface area (Å²) in [5.41, 5.74) is -0.947. The molecule has 1 fully saturated rings. The highest BCUT2D eigenvalue weighted by molar-refractivity contribution is 5.78. The van der Waals surface area contributed by atoms with Crippen LogP contribution in [0.4, 0.5) is 0 Å². The Hall–Kier alpha value is -0.900. The number of aliphatic hydroxyl groups is 1. The SMILES string of the molecule is C/N=C\[C@]1(O)C[C@@H](C(=O)O)C1. The molecular formula is C7H11NO3. The number of hydrogen-bond acceptors (Lipinski definition) is 3. The lowest BCUT2D eigenvalue weighted by atomic mass is 9.72. The van der Waals surface area contributed by atoms with Gasteiger partial charge in [0.1, 0.15) is 5.60 Å². The van der Waals surface area contributed by atoms with E-state index in [-0.39, 0.29) is 0 Å². The number of aliphatic imine (C=N–C) groups is 1. The Bertz CT molecular complexity index is 194. The minimum atomic E-state index is -0.947. The summed E-state index contributed by atoms with van der Waals surface area (Å²) in [4.78, 5) is 14.0. The van der Waals surface area contributed by atoms with Crippen molar-refractivity contribution in [2.75, 3.05) is 7.05 Å². The van der Waals surface area contributed by atoms with Crippen molar-refractivity contribution >= 4 is 12.2 Å². The fourth-order valence-electron chi connectivity index (χ4n) is 1.31. The lowest BCUT2D eigenvalue weighted by Gasteiger charge is -2.38. The average molecular weight is 157 g/mol. The van der Waals surface area contributed by atoms with E-state index in [1.807, 2.05) is 0 Å². The maximum atomic E-state index is 10.3. The third-order valence-electron chi connectivity index (χ3n) is 1.92. The van der Waals surface area contributed by atoms with E-state index < -0.39 is 17.5 Å². The van der Waals surface area contributed by atoms with Gasteiger partial charge in [0.05, 0.1) is 5.92 Å². The van der Waals surface area contributed by atoms with Crippen LogP contribution in [-0.4, -0.2) is 35.0 Å². The van der Waals surface area contributed by atoms with Crippen LogP contribution in [0.25, 0.3) is 0 Å². The van der Waals surface area contributed by atoms with Gasteiger partial charge in [0.15, 0.2) is 0 Å². The Labute approximate surface area is 64.6 Å². The van der Waals surface area contributed by atoms with Crippen LogP contribution >= 0.6 is 0 Å². The van der Waals surface area contributed by atoms with Crippen LogP contribution in [0.15, 0.2) is 4.99 Å². The monoisotopic (exact) mass is 157 g/mol. The van der Waals surface area contributed by atoms with Crippen LogP contribution in [0, 0.1) is 5.92 Å². The van der Waals surface area contributed by atoms with Crippen molar-refractivity contribution in [3.63, 3.8) is 0 Å². The number of aliphatic carboxylic acids is 1. The van der Waals surface area contributed by atoms with E-state index in [0.717, 1.165) is 0 Å². The summed E-state index contributed by atoms with van der Waals surface area (Å²) in [5.74, 6) is -1.22. The topological polar surface area (TPSA) is 69.9 Å². The van der Waals surface area contributed by atoms with Gasteiger partial charge in [-0.1, -0.05) is 0 Å². The van der Waals surface area contributed by atoms with Crippen molar-refractivity contribution in [1.82, 2.24) is 0 Å².